The van der Waals surface area contributed by atoms with Crippen LogP contribution in [0.25, 0.3) is 5.65 Å². The number of hydrogen-bond acceptors (Lipinski definition) is 5. The lowest BCUT2D eigenvalue weighted by Crippen LogP contribution is -2.47. The lowest BCUT2D eigenvalue weighted by molar-refractivity contribution is -0.138. The number of benzene rings is 2. The Bertz CT molecular complexity index is 1670. The molecule has 0 saturated carbocycles. The quantitative estimate of drug-likeness (QED) is 0.265. The number of nitrogens with zero attached hydrogens (tertiary/aromatic N) is 5. The molecule has 1 aliphatic heterocycles. The van der Waals surface area contributed by atoms with E-state index in [0.717, 1.165) is 11.6 Å². The van der Waals surface area contributed by atoms with E-state index in [1.807, 2.05) is 17.9 Å². The number of aryl methyl sites for hydroxylation is 1. The minimum Gasteiger partial charge on any atom is -0.340 e. The summed E-state index contributed by atoms with van der Waals surface area (Å²) < 4.78 is 43.7. The minimum atomic E-state index is -4.56. The summed E-state index contributed by atoms with van der Waals surface area (Å²) in [7, 11) is 0. The normalized spacial score (nSPS) is 14.1. The van der Waals surface area contributed by atoms with Crippen LogP contribution in [0.3, 0.4) is 0 Å². The Balaban J connectivity index is 1.33. The second-order valence-electron chi connectivity index (χ2n) is 10.1. The lowest BCUT2D eigenvalue weighted by Gasteiger charge is -2.34. The highest BCUT2D eigenvalue weighted by Crippen LogP contribution is 2.34. The van der Waals surface area contributed by atoms with E-state index in [-0.39, 0.29) is 35.8 Å². The number of piperazine rings is 1. The number of halogens is 3. The van der Waals surface area contributed by atoms with Gasteiger partial charge in [0.25, 0.3) is 0 Å². The third kappa shape index (κ3) is 6.47. The van der Waals surface area contributed by atoms with Crippen LogP contribution in [0.2, 0.25) is 0 Å². The topological polar surface area (TPSA) is 70.8 Å². The predicted octanol–water partition coefficient (Wildman–Crippen LogP) is 4.55. The third-order valence-electron chi connectivity index (χ3n) is 7.22. The van der Waals surface area contributed by atoms with E-state index in [1.165, 1.54) is 13.0 Å². The molecule has 210 valence electrons. The first-order valence-corrected chi connectivity index (χ1v) is 13.2. The molecule has 0 atom stereocenters. The van der Waals surface area contributed by atoms with Crippen LogP contribution < -0.4 is 0 Å². The SMILES string of the molecule is CC(=O)N1CCN(Cc2ccc(CC(=O)c3ccc(C)c(C#Cc4cnc5cccnn45)c3)cc2C(F)(F)F)CC1. The molecule has 7 nitrogen and oxygen atoms in total. The first kappa shape index (κ1) is 28.1. The second kappa shape index (κ2) is 11.6. The second-order valence-corrected chi connectivity index (χ2v) is 10.1. The highest BCUT2D eigenvalue weighted by molar-refractivity contribution is 5.98. The van der Waals surface area contributed by atoms with Gasteiger partial charge in [-0.1, -0.05) is 30.2 Å². The molecule has 0 unspecified atom stereocenters. The zero-order valence-electron chi connectivity index (χ0n) is 22.7. The van der Waals surface area contributed by atoms with E-state index in [0.29, 0.717) is 48.6 Å². The summed E-state index contributed by atoms with van der Waals surface area (Å²) in [6, 6.07) is 12.8. The molecule has 0 N–H and O–H groups in total. The zero-order valence-corrected chi connectivity index (χ0v) is 22.7. The monoisotopic (exact) mass is 559 g/mol. The van der Waals surface area contributed by atoms with Crippen molar-refractivity contribution in [2.75, 3.05) is 26.2 Å². The molecule has 1 saturated heterocycles. The highest BCUT2D eigenvalue weighted by Gasteiger charge is 2.34. The van der Waals surface area contributed by atoms with Crippen molar-refractivity contribution in [1.82, 2.24) is 24.4 Å². The molecule has 10 heteroatoms. The van der Waals surface area contributed by atoms with Crippen molar-refractivity contribution in [3.63, 3.8) is 0 Å². The fraction of sp³-hybridized carbons (Fsp3) is 0.290. The molecule has 1 aliphatic rings. The summed E-state index contributed by atoms with van der Waals surface area (Å²) in [6.45, 7) is 5.47. The maximum Gasteiger partial charge on any atom is 0.416 e. The maximum atomic E-state index is 14.0. The molecule has 0 spiro atoms. The summed E-state index contributed by atoms with van der Waals surface area (Å²) in [4.78, 5) is 32.6. The Morgan fingerprint density at radius 2 is 1.78 bits per heavy atom. The molecule has 3 heterocycles. The molecule has 2 aromatic carbocycles. The lowest BCUT2D eigenvalue weighted by atomic mass is 9.96. The van der Waals surface area contributed by atoms with Crippen molar-refractivity contribution < 1.29 is 22.8 Å². The Kier molecular flexibility index (Phi) is 7.90. The highest BCUT2D eigenvalue weighted by atomic mass is 19.4. The first-order chi connectivity index (χ1) is 19.6. The van der Waals surface area contributed by atoms with Gasteiger partial charge in [-0.05, 0) is 53.8 Å². The van der Waals surface area contributed by atoms with Crippen molar-refractivity contribution >= 4 is 17.3 Å². The molecule has 41 heavy (non-hydrogen) atoms. The van der Waals surface area contributed by atoms with E-state index in [1.54, 1.807) is 52.1 Å². The Labute approximate surface area is 235 Å². The largest absolute Gasteiger partial charge is 0.416 e. The van der Waals surface area contributed by atoms with Gasteiger partial charge < -0.3 is 4.90 Å². The fourth-order valence-corrected chi connectivity index (χ4v) is 4.86. The molecule has 0 bridgehead atoms. The number of amides is 1. The van der Waals surface area contributed by atoms with E-state index < -0.39 is 11.7 Å². The number of ketones is 1. The number of alkyl halides is 3. The van der Waals surface area contributed by atoms with Gasteiger partial charge in [0, 0.05) is 63.4 Å². The number of Topliss-reactive ketones (excluding diaryl/α,β-unsaturated/α-hetero) is 1. The first-order valence-electron chi connectivity index (χ1n) is 13.2. The maximum absolute atomic E-state index is 14.0. The summed E-state index contributed by atoms with van der Waals surface area (Å²) in [6.07, 6.45) is -1.48. The average molecular weight is 560 g/mol. The molecule has 5 rings (SSSR count). The molecule has 1 amide bonds. The van der Waals surface area contributed by atoms with Gasteiger partial charge in [0.05, 0.1) is 11.8 Å². The van der Waals surface area contributed by atoms with Gasteiger partial charge in [-0.3, -0.25) is 14.5 Å². The summed E-state index contributed by atoms with van der Waals surface area (Å²) in [5, 5.41) is 4.24. The van der Waals surface area contributed by atoms with Crippen molar-refractivity contribution in [2.45, 2.75) is 33.0 Å². The van der Waals surface area contributed by atoms with Crippen molar-refractivity contribution in [3.05, 3.63) is 100.0 Å². The Morgan fingerprint density at radius 3 is 2.51 bits per heavy atom. The standard InChI is InChI=1S/C31H28F3N5O2/c1-21-5-7-25(18-24(21)9-10-27-19-35-30-4-3-11-36-39(27)30)29(41)17-23-6-8-26(28(16-23)31(32,33)34)20-37-12-14-38(15-13-37)22(2)40/h3-8,11,16,18-19H,12-15,17,20H2,1-2H3. The van der Waals surface area contributed by atoms with Gasteiger partial charge in [-0.25, -0.2) is 9.50 Å². The number of hydrogen-bond donors (Lipinski definition) is 0. The molecule has 0 aliphatic carbocycles. The predicted molar refractivity (Wildman–Crippen MR) is 147 cm³/mol. The molecule has 2 aromatic heterocycles. The molecule has 4 aromatic rings. The van der Waals surface area contributed by atoms with E-state index >= 15 is 0 Å². The Morgan fingerprint density at radius 1 is 1.00 bits per heavy atom. The number of imidazole rings is 1. The Hall–Kier alpha value is -4.49. The van der Waals surface area contributed by atoms with E-state index in [2.05, 4.69) is 21.9 Å². The van der Waals surface area contributed by atoms with Crippen LogP contribution in [0.15, 0.2) is 60.9 Å². The zero-order chi connectivity index (χ0) is 29.1. The fourth-order valence-electron chi connectivity index (χ4n) is 4.86. The smallest absolute Gasteiger partial charge is 0.340 e. The number of carbonyl (C=O) groups excluding carboxylic acids is 2. The third-order valence-corrected chi connectivity index (χ3v) is 7.22. The van der Waals surface area contributed by atoms with Crippen LogP contribution in [0.1, 0.15) is 50.8 Å². The molecule has 0 radical (unpaired) electrons. The number of aromatic nitrogens is 3. The van der Waals surface area contributed by atoms with E-state index in [4.69, 9.17) is 0 Å². The number of rotatable bonds is 5. The van der Waals surface area contributed by atoms with Crippen molar-refractivity contribution in [1.29, 1.82) is 0 Å². The summed E-state index contributed by atoms with van der Waals surface area (Å²) >= 11 is 0. The van der Waals surface area contributed by atoms with Crippen LogP contribution in [-0.2, 0) is 23.9 Å². The van der Waals surface area contributed by atoms with Gasteiger partial charge in [-0.15, -0.1) is 0 Å². The van der Waals surface area contributed by atoms with Crippen LogP contribution >= 0.6 is 0 Å². The number of fused-ring (bicyclic) bond motifs is 1. The van der Waals surface area contributed by atoms with E-state index in [9.17, 15) is 22.8 Å². The van der Waals surface area contributed by atoms with Gasteiger partial charge in [0.2, 0.25) is 5.91 Å². The molecular weight excluding hydrogens is 531 g/mol. The molecular formula is C31H28F3N5O2. The van der Waals surface area contributed by atoms with Gasteiger partial charge in [-0.2, -0.15) is 18.3 Å². The van der Waals surface area contributed by atoms with Gasteiger partial charge >= 0.3 is 6.18 Å². The van der Waals surface area contributed by atoms with Crippen molar-refractivity contribution in [2.24, 2.45) is 0 Å². The number of carbonyl (C=O) groups is 2. The average Bonchev–Trinajstić information content (AvgIpc) is 3.36. The van der Waals surface area contributed by atoms with Gasteiger partial charge in [0.15, 0.2) is 11.4 Å². The van der Waals surface area contributed by atoms with Crippen LogP contribution in [0, 0.1) is 18.8 Å². The van der Waals surface area contributed by atoms with Crippen LogP contribution in [-0.4, -0.2) is 62.3 Å². The van der Waals surface area contributed by atoms with Gasteiger partial charge in [0.1, 0.15) is 5.69 Å². The van der Waals surface area contributed by atoms with Crippen LogP contribution in [0.4, 0.5) is 13.2 Å². The summed E-state index contributed by atoms with van der Waals surface area (Å²) in [5.41, 5.74) is 2.83. The summed E-state index contributed by atoms with van der Waals surface area (Å²) in [5.74, 6) is 5.78. The van der Waals surface area contributed by atoms with Crippen LogP contribution in [0.5, 0.6) is 0 Å². The minimum absolute atomic E-state index is 0.0355. The van der Waals surface area contributed by atoms with Crippen molar-refractivity contribution in [3.8, 4) is 11.8 Å². The molecule has 1 fully saturated rings.